The van der Waals surface area contributed by atoms with E-state index in [1.54, 1.807) is 19.2 Å². The molecule has 1 aromatic heterocycles. The lowest BCUT2D eigenvalue weighted by Gasteiger charge is -2.27. The van der Waals surface area contributed by atoms with Gasteiger partial charge in [0.25, 0.3) is 0 Å². The Bertz CT molecular complexity index is 995. The predicted molar refractivity (Wildman–Crippen MR) is 111 cm³/mol. The minimum atomic E-state index is -0.545. The zero-order chi connectivity index (χ0) is 19.0. The predicted octanol–water partition coefficient (Wildman–Crippen LogP) is 6.06. The Morgan fingerprint density at radius 1 is 1.15 bits per heavy atom. The molecule has 4 nitrogen and oxygen atoms in total. The Morgan fingerprint density at radius 3 is 2.52 bits per heavy atom. The SMILES string of the molecule is COc1ccc(Cl)c2sc(NC(=O)C3(c4ccc(Cl)cc4)CCCC3)nc12. The summed E-state index contributed by atoms with van der Waals surface area (Å²) in [5.41, 5.74) is 1.12. The molecule has 1 saturated carbocycles. The molecule has 0 unspecified atom stereocenters. The molecule has 2 aromatic carbocycles. The van der Waals surface area contributed by atoms with Crippen LogP contribution >= 0.6 is 34.5 Å². The van der Waals surface area contributed by atoms with Crippen molar-refractivity contribution in [2.24, 2.45) is 0 Å². The van der Waals surface area contributed by atoms with Gasteiger partial charge in [-0.05, 0) is 42.7 Å². The minimum absolute atomic E-state index is 0.0310. The molecule has 3 aromatic rings. The normalized spacial score (nSPS) is 15.8. The first-order valence-corrected chi connectivity index (χ1v) is 10.3. The number of anilines is 1. The summed E-state index contributed by atoms with van der Waals surface area (Å²) < 4.78 is 6.17. The molecule has 0 saturated heterocycles. The van der Waals surface area contributed by atoms with Crippen LogP contribution < -0.4 is 10.1 Å². The number of thiazole rings is 1. The Hall–Kier alpha value is -1.82. The summed E-state index contributed by atoms with van der Waals surface area (Å²) in [6.45, 7) is 0. The highest BCUT2D eigenvalue weighted by atomic mass is 35.5. The van der Waals surface area contributed by atoms with Crippen LogP contribution in [-0.2, 0) is 10.2 Å². The second-order valence-corrected chi connectivity index (χ2v) is 8.54. The van der Waals surface area contributed by atoms with Crippen LogP contribution in [0, 0.1) is 0 Å². The van der Waals surface area contributed by atoms with Crippen LogP contribution in [0.5, 0.6) is 5.75 Å². The average Bonchev–Trinajstić information content (AvgIpc) is 3.31. The first kappa shape index (κ1) is 18.5. The Balaban J connectivity index is 1.69. The first-order valence-electron chi connectivity index (χ1n) is 8.74. The molecule has 140 valence electrons. The molecule has 1 fully saturated rings. The minimum Gasteiger partial charge on any atom is -0.494 e. The standard InChI is InChI=1S/C20H18Cl2N2O2S/c1-26-15-9-8-14(22)17-16(15)23-19(27-17)24-18(25)20(10-2-3-11-20)12-4-6-13(21)7-5-12/h4-9H,2-3,10-11H2,1H3,(H,23,24,25). The summed E-state index contributed by atoms with van der Waals surface area (Å²) in [7, 11) is 1.59. The van der Waals surface area contributed by atoms with Gasteiger partial charge in [0.2, 0.25) is 5.91 Å². The van der Waals surface area contributed by atoms with Crippen molar-refractivity contribution in [1.82, 2.24) is 4.98 Å². The number of rotatable bonds is 4. The molecule has 4 rings (SSSR count). The molecule has 1 heterocycles. The van der Waals surface area contributed by atoms with Gasteiger partial charge < -0.3 is 10.1 Å². The Labute approximate surface area is 171 Å². The monoisotopic (exact) mass is 420 g/mol. The average molecular weight is 421 g/mol. The molecule has 0 spiro atoms. The van der Waals surface area contributed by atoms with Crippen LogP contribution in [0.3, 0.4) is 0 Å². The van der Waals surface area contributed by atoms with Gasteiger partial charge in [-0.2, -0.15) is 0 Å². The Kier molecular flexibility index (Phi) is 5.01. The van der Waals surface area contributed by atoms with E-state index in [2.05, 4.69) is 10.3 Å². The number of carbonyl (C=O) groups excluding carboxylic acids is 1. The number of carbonyl (C=O) groups is 1. The van der Waals surface area contributed by atoms with Crippen molar-refractivity contribution in [2.45, 2.75) is 31.1 Å². The summed E-state index contributed by atoms with van der Waals surface area (Å²) in [5, 5.41) is 4.82. The van der Waals surface area contributed by atoms with E-state index in [9.17, 15) is 4.79 Å². The molecule has 1 N–H and O–H groups in total. The number of hydrogen-bond donors (Lipinski definition) is 1. The van der Waals surface area contributed by atoms with Gasteiger partial charge in [0.1, 0.15) is 11.3 Å². The molecule has 0 radical (unpaired) electrons. The van der Waals surface area contributed by atoms with Crippen molar-refractivity contribution in [3.63, 3.8) is 0 Å². The lowest BCUT2D eigenvalue weighted by Crippen LogP contribution is -2.37. The van der Waals surface area contributed by atoms with E-state index in [0.29, 0.717) is 26.4 Å². The van der Waals surface area contributed by atoms with Crippen molar-refractivity contribution in [3.05, 3.63) is 52.0 Å². The largest absolute Gasteiger partial charge is 0.494 e. The van der Waals surface area contributed by atoms with Crippen LogP contribution in [0.2, 0.25) is 10.0 Å². The molecular formula is C20H18Cl2N2O2S. The molecular weight excluding hydrogens is 403 g/mol. The summed E-state index contributed by atoms with van der Waals surface area (Å²) in [6.07, 6.45) is 3.68. The second kappa shape index (κ2) is 7.30. The lowest BCUT2D eigenvalue weighted by molar-refractivity contribution is -0.121. The molecule has 1 aliphatic carbocycles. The van der Waals surface area contributed by atoms with Gasteiger partial charge in [-0.15, -0.1) is 0 Å². The van der Waals surface area contributed by atoms with Crippen LogP contribution in [0.1, 0.15) is 31.2 Å². The second-order valence-electron chi connectivity index (χ2n) is 6.70. The molecule has 0 atom stereocenters. The summed E-state index contributed by atoms with van der Waals surface area (Å²) >= 11 is 13.7. The number of fused-ring (bicyclic) bond motifs is 1. The maximum absolute atomic E-state index is 13.3. The van der Waals surface area contributed by atoms with E-state index in [4.69, 9.17) is 27.9 Å². The van der Waals surface area contributed by atoms with Gasteiger partial charge >= 0.3 is 0 Å². The van der Waals surface area contributed by atoms with Gasteiger partial charge in [0, 0.05) is 5.02 Å². The van der Waals surface area contributed by atoms with E-state index in [1.165, 1.54) is 11.3 Å². The van der Waals surface area contributed by atoms with E-state index >= 15 is 0 Å². The zero-order valence-electron chi connectivity index (χ0n) is 14.7. The number of aromatic nitrogens is 1. The van der Waals surface area contributed by atoms with Crippen molar-refractivity contribution < 1.29 is 9.53 Å². The van der Waals surface area contributed by atoms with Crippen molar-refractivity contribution in [1.29, 1.82) is 0 Å². The van der Waals surface area contributed by atoms with Crippen molar-refractivity contribution in [2.75, 3.05) is 12.4 Å². The molecule has 7 heteroatoms. The molecule has 0 aliphatic heterocycles. The molecule has 1 amide bonds. The fourth-order valence-electron chi connectivity index (χ4n) is 3.78. The van der Waals surface area contributed by atoms with Gasteiger partial charge in [-0.1, -0.05) is 59.5 Å². The number of amides is 1. The third-order valence-electron chi connectivity index (χ3n) is 5.19. The highest BCUT2D eigenvalue weighted by Crippen LogP contribution is 2.43. The fraction of sp³-hybridized carbons (Fsp3) is 0.300. The van der Waals surface area contributed by atoms with Gasteiger partial charge in [0.05, 0.1) is 22.2 Å². The topological polar surface area (TPSA) is 51.2 Å². The summed E-state index contributed by atoms with van der Waals surface area (Å²) in [4.78, 5) is 17.8. The zero-order valence-corrected chi connectivity index (χ0v) is 17.0. The number of hydrogen-bond acceptors (Lipinski definition) is 4. The van der Waals surface area contributed by atoms with E-state index in [1.807, 2.05) is 24.3 Å². The van der Waals surface area contributed by atoms with Crippen molar-refractivity contribution >= 4 is 55.8 Å². The van der Waals surface area contributed by atoms with Crippen LogP contribution in [0.25, 0.3) is 10.2 Å². The first-order chi connectivity index (χ1) is 13.0. The third kappa shape index (κ3) is 3.28. The maximum Gasteiger partial charge on any atom is 0.236 e. The van der Waals surface area contributed by atoms with E-state index in [0.717, 1.165) is 35.9 Å². The highest BCUT2D eigenvalue weighted by Gasteiger charge is 2.43. The van der Waals surface area contributed by atoms with E-state index in [-0.39, 0.29) is 5.91 Å². The van der Waals surface area contributed by atoms with Gasteiger partial charge in [-0.25, -0.2) is 4.98 Å². The highest BCUT2D eigenvalue weighted by molar-refractivity contribution is 7.23. The quantitative estimate of drug-likeness (QED) is 0.557. The number of nitrogens with zero attached hydrogens (tertiary/aromatic N) is 1. The fourth-order valence-corrected chi connectivity index (χ4v) is 5.06. The third-order valence-corrected chi connectivity index (χ3v) is 6.87. The van der Waals surface area contributed by atoms with Crippen LogP contribution in [0.4, 0.5) is 5.13 Å². The Morgan fingerprint density at radius 2 is 1.85 bits per heavy atom. The smallest absolute Gasteiger partial charge is 0.236 e. The van der Waals surface area contributed by atoms with Crippen LogP contribution in [-0.4, -0.2) is 18.0 Å². The molecule has 1 aliphatic rings. The van der Waals surface area contributed by atoms with Crippen molar-refractivity contribution in [3.8, 4) is 5.75 Å². The number of halogens is 2. The van der Waals surface area contributed by atoms with Gasteiger partial charge in [-0.3, -0.25) is 4.79 Å². The molecule has 0 bridgehead atoms. The maximum atomic E-state index is 13.3. The summed E-state index contributed by atoms with van der Waals surface area (Å²) in [6, 6.07) is 11.1. The number of nitrogens with one attached hydrogen (secondary N) is 1. The van der Waals surface area contributed by atoms with E-state index < -0.39 is 5.41 Å². The van der Waals surface area contributed by atoms with Gasteiger partial charge in [0.15, 0.2) is 5.13 Å². The molecule has 27 heavy (non-hydrogen) atoms. The van der Waals surface area contributed by atoms with Crippen LogP contribution in [0.15, 0.2) is 36.4 Å². The summed E-state index contributed by atoms with van der Waals surface area (Å²) in [5.74, 6) is 0.607. The lowest BCUT2D eigenvalue weighted by atomic mass is 9.78. The number of ether oxygens (including phenoxy) is 1. The number of methoxy groups -OCH3 is 1. The number of benzene rings is 2.